The van der Waals surface area contributed by atoms with Gasteiger partial charge in [0.05, 0.1) is 0 Å². The Morgan fingerprint density at radius 3 is 2.69 bits per heavy atom. The van der Waals surface area contributed by atoms with Crippen LogP contribution in [0, 0.1) is 5.92 Å². The molecular formula is C10H20N2O. The lowest BCUT2D eigenvalue weighted by molar-refractivity contribution is -0.130. The lowest BCUT2D eigenvalue weighted by Gasteiger charge is -2.17. The maximum absolute atomic E-state index is 11.5. The minimum atomic E-state index is 0.137. The summed E-state index contributed by atoms with van der Waals surface area (Å²) >= 11 is 0. The molecule has 0 spiro atoms. The van der Waals surface area contributed by atoms with E-state index < -0.39 is 0 Å². The van der Waals surface area contributed by atoms with E-state index in [1.54, 1.807) is 0 Å². The lowest BCUT2D eigenvalue weighted by atomic mass is 10.2. The van der Waals surface area contributed by atoms with Gasteiger partial charge in [-0.15, -0.1) is 0 Å². The first-order chi connectivity index (χ1) is 6.09. The predicted octanol–water partition coefficient (Wildman–Crippen LogP) is 0.982. The minimum Gasteiger partial charge on any atom is -0.345 e. The molecule has 1 aliphatic rings. The van der Waals surface area contributed by atoms with Gasteiger partial charge in [-0.1, -0.05) is 0 Å². The molecule has 1 aliphatic carbocycles. The van der Waals surface area contributed by atoms with Crippen molar-refractivity contribution in [3.8, 4) is 0 Å². The Bertz CT molecular complexity index is 176. The van der Waals surface area contributed by atoms with Gasteiger partial charge in [-0.3, -0.25) is 4.79 Å². The second kappa shape index (κ2) is 4.61. The highest BCUT2D eigenvalue weighted by molar-refractivity contribution is 5.75. The van der Waals surface area contributed by atoms with E-state index in [0.29, 0.717) is 6.42 Å². The first kappa shape index (κ1) is 10.5. The Morgan fingerprint density at radius 2 is 2.23 bits per heavy atom. The third kappa shape index (κ3) is 4.27. The molecule has 1 saturated carbocycles. The number of carbonyl (C=O) groups excluding carboxylic acids is 1. The summed E-state index contributed by atoms with van der Waals surface area (Å²) in [5, 5.41) is 0. The number of amides is 1. The summed E-state index contributed by atoms with van der Waals surface area (Å²) in [4.78, 5) is 13.3. The molecule has 0 aromatic heterocycles. The van der Waals surface area contributed by atoms with E-state index in [1.165, 1.54) is 12.8 Å². The van der Waals surface area contributed by atoms with Crippen molar-refractivity contribution in [1.82, 2.24) is 4.90 Å². The summed E-state index contributed by atoms with van der Waals surface area (Å²) in [6.45, 7) is 2.88. The second-order valence-corrected chi connectivity index (χ2v) is 4.23. The fourth-order valence-electron chi connectivity index (χ4n) is 1.33. The quantitative estimate of drug-likeness (QED) is 0.692. The van der Waals surface area contributed by atoms with Crippen molar-refractivity contribution < 1.29 is 4.79 Å². The van der Waals surface area contributed by atoms with E-state index in [9.17, 15) is 4.79 Å². The van der Waals surface area contributed by atoms with E-state index in [2.05, 4.69) is 0 Å². The van der Waals surface area contributed by atoms with Gasteiger partial charge in [0.25, 0.3) is 0 Å². The van der Waals surface area contributed by atoms with Crippen LogP contribution >= 0.6 is 0 Å². The normalized spacial score (nSPS) is 18.4. The molecule has 1 rings (SSSR count). The van der Waals surface area contributed by atoms with Crippen molar-refractivity contribution in [2.45, 2.75) is 38.6 Å². The van der Waals surface area contributed by atoms with Gasteiger partial charge in [0.2, 0.25) is 5.91 Å². The van der Waals surface area contributed by atoms with E-state index in [0.717, 1.165) is 18.9 Å². The van der Waals surface area contributed by atoms with Crippen LogP contribution in [-0.4, -0.2) is 30.4 Å². The molecule has 3 heteroatoms. The lowest BCUT2D eigenvalue weighted by Crippen LogP contribution is -2.30. The summed E-state index contributed by atoms with van der Waals surface area (Å²) < 4.78 is 0. The van der Waals surface area contributed by atoms with E-state index in [1.807, 2.05) is 18.9 Å². The zero-order chi connectivity index (χ0) is 9.84. The molecule has 3 nitrogen and oxygen atoms in total. The molecule has 0 saturated heterocycles. The molecule has 0 aliphatic heterocycles. The molecule has 0 radical (unpaired) electrons. The van der Waals surface area contributed by atoms with Gasteiger partial charge in [-0.05, 0) is 32.1 Å². The number of nitrogens with two attached hydrogens (primary N) is 1. The van der Waals surface area contributed by atoms with Crippen LogP contribution in [-0.2, 0) is 4.79 Å². The number of rotatable bonds is 5. The fourth-order valence-corrected chi connectivity index (χ4v) is 1.33. The highest BCUT2D eigenvalue weighted by Gasteiger charge is 2.24. The number of hydrogen-bond acceptors (Lipinski definition) is 2. The van der Waals surface area contributed by atoms with Crippen LogP contribution in [0.2, 0.25) is 0 Å². The van der Waals surface area contributed by atoms with Gasteiger partial charge in [0.15, 0.2) is 0 Å². The highest BCUT2D eigenvalue weighted by atomic mass is 16.2. The van der Waals surface area contributed by atoms with Crippen LogP contribution in [0.25, 0.3) is 0 Å². The van der Waals surface area contributed by atoms with Crippen molar-refractivity contribution >= 4 is 5.91 Å². The molecule has 2 N–H and O–H groups in total. The van der Waals surface area contributed by atoms with Gasteiger partial charge in [-0.2, -0.15) is 0 Å². The van der Waals surface area contributed by atoms with Gasteiger partial charge in [0.1, 0.15) is 0 Å². The van der Waals surface area contributed by atoms with E-state index in [-0.39, 0.29) is 11.9 Å². The standard InChI is InChI=1S/C10H20N2O/c1-8(11)3-6-10(13)12(2)7-9-4-5-9/h8-9H,3-7,11H2,1-2H3. The highest BCUT2D eigenvalue weighted by Crippen LogP contribution is 2.29. The minimum absolute atomic E-state index is 0.137. The molecule has 13 heavy (non-hydrogen) atoms. The van der Waals surface area contributed by atoms with Crippen molar-refractivity contribution in [1.29, 1.82) is 0 Å². The SMILES string of the molecule is CC(N)CCC(=O)N(C)CC1CC1. The summed E-state index contributed by atoms with van der Waals surface area (Å²) in [6, 6.07) is 0.137. The Kier molecular flexibility index (Phi) is 3.72. The molecule has 76 valence electrons. The first-order valence-corrected chi connectivity index (χ1v) is 5.09. The van der Waals surface area contributed by atoms with Gasteiger partial charge in [-0.25, -0.2) is 0 Å². The van der Waals surface area contributed by atoms with Crippen LogP contribution in [0.1, 0.15) is 32.6 Å². The van der Waals surface area contributed by atoms with Gasteiger partial charge in [0, 0.05) is 26.1 Å². The van der Waals surface area contributed by atoms with E-state index in [4.69, 9.17) is 5.73 Å². The zero-order valence-corrected chi connectivity index (χ0v) is 8.62. The van der Waals surface area contributed by atoms with E-state index >= 15 is 0 Å². The van der Waals surface area contributed by atoms with Crippen LogP contribution in [0.5, 0.6) is 0 Å². The third-order valence-electron chi connectivity index (χ3n) is 2.47. The van der Waals surface area contributed by atoms with Crippen molar-refractivity contribution in [2.75, 3.05) is 13.6 Å². The molecule has 1 atom stereocenters. The summed E-state index contributed by atoms with van der Waals surface area (Å²) in [7, 11) is 1.89. The largest absolute Gasteiger partial charge is 0.345 e. The molecular weight excluding hydrogens is 164 g/mol. The second-order valence-electron chi connectivity index (χ2n) is 4.23. The third-order valence-corrected chi connectivity index (χ3v) is 2.47. The Labute approximate surface area is 80.3 Å². The monoisotopic (exact) mass is 184 g/mol. The molecule has 0 bridgehead atoms. The fraction of sp³-hybridized carbons (Fsp3) is 0.900. The smallest absolute Gasteiger partial charge is 0.222 e. The topological polar surface area (TPSA) is 46.3 Å². The summed E-state index contributed by atoms with van der Waals surface area (Å²) in [5.74, 6) is 1.02. The van der Waals surface area contributed by atoms with Crippen LogP contribution in [0.3, 0.4) is 0 Å². The maximum Gasteiger partial charge on any atom is 0.222 e. The molecule has 0 aromatic rings. The first-order valence-electron chi connectivity index (χ1n) is 5.09. The predicted molar refractivity (Wildman–Crippen MR) is 53.2 cm³/mol. The molecule has 0 aromatic carbocycles. The summed E-state index contributed by atoms with van der Waals surface area (Å²) in [6.07, 6.45) is 3.99. The zero-order valence-electron chi connectivity index (χ0n) is 8.62. The van der Waals surface area contributed by atoms with Gasteiger partial charge >= 0.3 is 0 Å². The van der Waals surface area contributed by atoms with Crippen molar-refractivity contribution in [3.63, 3.8) is 0 Å². The Morgan fingerprint density at radius 1 is 1.62 bits per heavy atom. The molecule has 0 heterocycles. The number of nitrogens with zero attached hydrogens (tertiary/aromatic N) is 1. The average Bonchev–Trinajstić information content (AvgIpc) is 2.83. The molecule has 1 fully saturated rings. The average molecular weight is 184 g/mol. The summed E-state index contributed by atoms with van der Waals surface area (Å²) in [5.41, 5.74) is 5.58. The van der Waals surface area contributed by atoms with Crippen molar-refractivity contribution in [2.24, 2.45) is 11.7 Å². The Balaban J connectivity index is 2.13. The van der Waals surface area contributed by atoms with Crippen LogP contribution in [0.15, 0.2) is 0 Å². The maximum atomic E-state index is 11.5. The Hall–Kier alpha value is -0.570. The van der Waals surface area contributed by atoms with Crippen molar-refractivity contribution in [3.05, 3.63) is 0 Å². The number of carbonyl (C=O) groups is 1. The van der Waals surface area contributed by atoms with Crippen LogP contribution < -0.4 is 5.73 Å². The van der Waals surface area contributed by atoms with Crippen LogP contribution in [0.4, 0.5) is 0 Å². The molecule has 1 amide bonds. The number of hydrogen-bond donors (Lipinski definition) is 1. The van der Waals surface area contributed by atoms with Gasteiger partial charge < -0.3 is 10.6 Å². The molecule has 1 unspecified atom stereocenters.